The van der Waals surface area contributed by atoms with Crippen molar-refractivity contribution in [3.8, 4) is 17.4 Å². The van der Waals surface area contributed by atoms with Crippen molar-refractivity contribution in [2.75, 3.05) is 25.6 Å². The fourth-order valence-corrected chi connectivity index (χ4v) is 2.49. The van der Waals surface area contributed by atoms with E-state index in [0.29, 0.717) is 31.2 Å². The summed E-state index contributed by atoms with van der Waals surface area (Å²) in [5.74, 6) is 2.06. The van der Waals surface area contributed by atoms with Crippen LogP contribution in [0.2, 0.25) is 0 Å². The van der Waals surface area contributed by atoms with Gasteiger partial charge in [0.15, 0.2) is 11.5 Å². The van der Waals surface area contributed by atoms with Crippen LogP contribution in [-0.2, 0) is 11.2 Å². The summed E-state index contributed by atoms with van der Waals surface area (Å²) in [6, 6.07) is 9.40. The second-order valence-corrected chi connectivity index (χ2v) is 5.47. The zero-order valence-electron chi connectivity index (χ0n) is 13.6. The normalized spacial score (nSPS) is 12.5. The lowest BCUT2D eigenvalue weighted by Crippen LogP contribution is -2.15. The highest BCUT2D eigenvalue weighted by molar-refractivity contribution is 5.90. The minimum absolute atomic E-state index is 0.0282. The molecule has 126 valence electrons. The zero-order valence-corrected chi connectivity index (χ0v) is 13.6. The lowest BCUT2D eigenvalue weighted by atomic mass is 10.1. The third-order valence-corrected chi connectivity index (χ3v) is 3.71. The van der Waals surface area contributed by atoms with E-state index in [1.165, 1.54) is 0 Å². The number of nitrogens with zero attached hydrogens (tertiary/aromatic N) is 1. The predicted molar refractivity (Wildman–Crippen MR) is 89.8 cm³/mol. The number of amides is 1. The monoisotopic (exact) mass is 328 g/mol. The molecule has 0 saturated heterocycles. The van der Waals surface area contributed by atoms with Gasteiger partial charge in [0.05, 0.1) is 19.0 Å². The smallest absolute Gasteiger partial charge is 0.224 e. The Morgan fingerprint density at radius 1 is 1.21 bits per heavy atom. The van der Waals surface area contributed by atoms with Crippen LogP contribution in [0.1, 0.15) is 18.4 Å². The summed E-state index contributed by atoms with van der Waals surface area (Å²) in [6.07, 6.45) is 3.60. The number of rotatable bonds is 6. The summed E-state index contributed by atoms with van der Waals surface area (Å²) in [4.78, 5) is 16.0. The number of benzene rings is 1. The Kier molecular flexibility index (Phi) is 5.15. The number of fused-ring (bicyclic) bond motifs is 1. The zero-order chi connectivity index (χ0) is 16.8. The third-order valence-electron chi connectivity index (χ3n) is 3.71. The lowest BCUT2D eigenvalue weighted by molar-refractivity contribution is -0.116. The quantitative estimate of drug-likeness (QED) is 0.883. The first-order chi connectivity index (χ1) is 11.7. The molecule has 1 aliphatic rings. The van der Waals surface area contributed by atoms with Crippen molar-refractivity contribution in [3.63, 3.8) is 0 Å². The van der Waals surface area contributed by atoms with Crippen LogP contribution in [0.15, 0.2) is 36.5 Å². The number of hydrogen-bond donors (Lipinski definition) is 1. The molecule has 0 bridgehead atoms. The number of hydrogen-bond acceptors (Lipinski definition) is 5. The Balaban J connectivity index is 1.46. The molecule has 24 heavy (non-hydrogen) atoms. The van der Waals surface area contributed by atoms with Crippen LogP contribution in [0.3, 0.4) is 0 Å². The maximum Gasteiger partial charge on any atom is 0.224 e. The second-order valence-electron chi connectivity index (χ2n) is 5.47. The highest BCUT2D eigenvalue weighted by Crippen LogP contribution is 2.31. The van der Waals surface area contributed by atoms with E-state index in [-0.39, 0.29) is 5.91 Å². The van der Waals surface area contributed by atoms with Crippen molar-refractivity contribution in [1.82, 2.24) is 4.98 Å². The van der Waals surface area contributed by atoms with Gasteiger partial charge >= 0.3 is 0 Å². The summed E-state index contributed by atoms with van der Waals surface area (Å²) in [5, 5.41) is 2.83. The van der Waals surface area contributed by atoms with Crippen LogP contribution < -0.4 is 19.5 Å². The van der Waals surface area contributed by atoms with Gasteiger partial charge in [-0.05, 0) is 36.6 Å². The van der Waals surface area contributed by atoms with Gasteiger partial charge in [0.25, 0.3) is 0 Å². The maximum absolute atomic E-state index is 12.0. The molecule has 0 atom stereocenters. The number of carbonyl (C=O) groups excluding carboxylic acids is 1. The van der Waals surface area contributed by atoms with Gasteiger partial charge in [0.2, 0.25) is 11.8 Å². The van der Waals surface area contributed by atoms with Gasteiger partial charge < -0.3 is 19.5 Å². The highest BCUT2D eigenvalue weighted by Gasteiger charge is 2.12. The van der Waals surface area contributed by atoms with Crippen molar-refractivity contribution in [2.24, 2.45) is 0 Å². The van der Waals surface area contributed by atoms with Crippen LogP contribution in [0.5, 0.6) is 17.4 Å². The van der Waals surface area contributed by atoms with E-state index in [2.05, 4.69) is 10.3 Å². The molecule has 1 N–H and O–H groups in total. The molecule has 0 radical (unpaired) electrons. The average Bonchev–Trinajstić information content (AvgIpc) is 2.62. The Hall–Kier alpha value is -2.76. The molecule has 0 spiro atoms. The fraction of sp³-hybridized carbons (Fsp3) is 0.333. The summed E-state index contributed by atoms with van der Waals surface area (Å²) >= 11 is 0. The SMILES string of the molecule is COc1ccc(NC(=O)CCCc2ccc3c(c2)OCCO3)cn1. The van der Waals surface area contributed by atoms with Gasteiger partial charge in [-0.25, -0.2) is 4.98 Å². The number of aromatic nitrogens is 1. The fourth-order valence-electron chi connectivity index (χ4n) is 2.49. The largest absolute Gasteiger partial charge is 0.486 e. The molecule has 0 saturated carbocycles. The Morgan fingerprint density at radius 2 is 2.04 bits per heavy atom. The molecule has 2 aromatic rings. The van der Waals surface area contributed by atoms with Gasteiger partial charge in [-0.1, -0.05) is 6.07 Å². The van der Waals surface area contributed by atoms with Gasteiger partial charge in [-0.2, -0.15) is 0 Å². The molecule has 2 heterocycles. The maximum atomic E-state index is 12.0. The molecule has 6 nitrogen and oxygen atoms in total. The van der Waals surface area contributed by atoms with Gasteiger partial charge in [0, 0.05) is 12.5 Å². The molecule has 0 aliphatic carbocycles. The lowest BCUT2D eigenvalue weighted by Gasteiger charge is -2.18. The van der Waals surface area contributed by atoms with Gasteiger partial charge in [0.1, 0.15) is 13.2 Å². The molecule has 0 fully saturated rings. The number of ether oxygens (including phenoxy) is 3. The van der Waals surface area contributed by atoms with Crippen molar-refractivity contribution in [3.05, 3.63) is 42.1 Å². The van der Waals surface area contributed by atoms with Crippen molar-refractivity contribution in [2.45, 2.75) is 19.3 Å². The van der Waals surface area contributed by atoms with E-state index in [4.69, 9.17) is 14.2 Å². The van der Waals surface area contributed by atoms with E-state index in [1.807, 2.05) is 18.2 Å². The molecule has 1 aliphatic heterocycles. The minimum atomic E-state index is -0.0282. The molecule has 0 unspecified atom stereocenters. The molecular weight excluding hydrogens is 308 g/mol. The number of methoxy groups -OCH3 is 1. The second kappa shape index (κ2) is 7.68. The highest BCUT2D eigenvalue weighted by atomic mass is 16.6. The number of aryl methyl sites for hydroxylation is 1. The predicted octanol–water partition coefficient (Wildman–Crippen LogP) is 2.82. The van der Waals surface area contributed by atoms with Crippen molar-refractivity contribution >= 4 is 11.6 Å². The van der Waals surface area contributed by atoms with Crippen LogP contribution in [0.4, 0.5) is 5.69 Å². The molecule has 1 aromatic heterocycles. The summed E-state index contributed by atoms with van der Waals surface area (Å²) in [7, 11) is 1.55. The van der Waals surface area contributed by atoms with Crippen LogP contribution in [0.25, 0.3) is 0 Å². The first-order valence-corrected chi connectivity index (χ1v) is 7.93. The standard InChI is InChI=1S/C18H20N2O4/c1-22-18-8-6-14(12-19-18)20-17(21)4-2-3-13-5-7-15-16(11-13)24-10-9-23-15/h5-8,11-12H,2-4,9-10H2,1H3,(H,20,21). The van der Waals surface area contributed by atoms with Crippen LogP contribution in [0, 0.1) is 0 Å². The van der Waals surface area contributed by atoms with E-state index in [9.17, 15) is 4.79 Å². The first-order valence-electron chi connectivity index (χ1n) is 7.93. The molecule has 3 rings (SSSR count). The molecular formula is C18H20N2O4. The topological polar surface area (TPSA) is 69.7 Å². The molecule has 6 heteroatoms. The van der Waals surface area contributed by atoms with Crippen LogP contribution >= 0.6 is 0 Å². The number of anilines is 1. The van der Waals surface area contributed by atoms with E-state index >= 15 is 0 Å². The third kappa shape index (κ3) is 4.16. The van der Waals surface area contributed by atoms with Crippen molar-refractivity contribution < 1.29 is 19.0 Å². The summed E-state index contributed by atoms with van der Waals surface area (Å²) in [6.45, 7) is 1.17. The summed E-state index contributed by atoms with van der Waals surface area (Å²) in [5.41, 5.74) is 1.80. The van der Waals surface area contributed by atoms with Gasteiger partial charge in [-0.3, -0.25) is 4.79 Å². The minimum Gasteiger partial charge on any atom is -0.486 e. The Morgan fingerprint density at radius 3 is 2.79 bits per heavy atom. The Labute approximate surface area is 140 Å². The number of carbonyl (C=O) groups is 1. The van der Waals surface area contributed by atoms with Crippen molar-refractivity contribution in [1.29, 1.82) is 0 Å². The first kappa shape index (κ1) is 16.1. The number of pyridine rings is 1. The summed E-state index contributed by atoms with van der Waals surface area (Å²) < 4.78 is 16.1. The molecule has 1 amide bonds. The molecule has 1 aromatic carbocycles. The van der Waals surface area contributed by atoms with Gasteiger partial charge in [-0.15, -0.1) is 0 Å². The van der Waals surface area contributed by atoms with E-state index in [1.54, 1.807) is 25.4 Å². The van der Waals surface area contributed by atoms with E-state index < -0.39 is 0 Å². The van der Waals surface area contributed by atoms with Crippen LogP contribution in [-0.4, -0.2) is 31.2 Å². The Bertz CT molecular complexity index is 701. The van der Waals surface area contributed by atoms with E-state index in [0.717, 1.165) is 29.9 Å². The number of nitrogens with one attached hydrogen (secondary N) is 1. The average molecular weight is 328 g/mol.